The second-order valence-electron chi connectivity index (χ2n) is 6.07. The van der Waals surface area contributed by atoms with Crippen LogP contribution in [0, 0.1) is 6.92 Å². The van der Waals surface area contributed by atoms with E-state index in [2.05, 4.69) is 20.4 Å². The van der Waals surface area contributed by atoms with Crippen molar-refractivity contribution < 1.29 is 14.1 Å². The maximum Gasteiger partial charge on any atom is 0.257 e. The predicted octanol–water partition coefficient (Wildman–Crippen LogP) is 5.08. The molecule has 0 saturated heterocycles. The molecular weight excluding hydrogens is 412 g/mol. The molecule has 9 heteroatoms. The maximum atomic E-state index is 12.5. The van der Waals surface area contributed by atoms with E-state index in [1.165, 1.54) is 11.3 Å². The number of aryl methyl sites for hydroxylation is 1. The third kappa shape index (κ3) is 4.13. The molecule has 29 heavy (non-hydrogen) atoms. The minimum atomic E-state index is -0.257. The lowest BCUT2D eigenvalue weighted by atomic mass is 10.1. The SMILES string of the molecule is COc1ccc(-c2csc(NC(=O)c3ccc(-c4nc(C)no4)cc3)n2)cc1Cl. The zero-order chi connectivity index (χ0) is 20.4. The van der Waals surface area contributed by atoms with Gasteiger partial charge in [-0.25, -0.2) is 4.98 Å². The molecule has 1 N–H and O–H groups in total. The first kappa shape index (κ1) is 19.1. The number of benzene rings is 2. The van der Waals surface area contributed by atoms with Gasteiger partial charge >= 0.3 is 0 Å². The summed E-state index contributed by atoms with van der Waals surface area (Å²) in [4.78, 5) is 21.1. The molecule has 0 atom stereocenters. The fourth-order valence-electron chi connectivity index (χ4n) is 2.64. The van der Waals surface area contributed by atoms with E-state index in [0.29, 0.717) is 33.2 Å². The molecular formula is C20H15ClN4O3S. The van der Waals surface area contributed by atoms with Crippen molar-refractivity contribution in [3.05, 3.63) is 64.3 Å². The maximum absolute atomic E-state index is 12.5. The number of ether oxygens (including phenoxy) is 1. The van der Waals surface area contributed by atoms with Crippen LogP contribution in [0.4, 0.5) is 5.13 Å². The fraction of sp³-hybridized carbons (Fsp3) is 0.100. The van der Waals surface area contributed by atoms with E-state index < -0.39 is 0 Å². The largest absolute Gasteiger partial charge is 0.495 e. The van der Waals surface area contributed by atoms with Gasteiger partial charge in [-0.1, -0.05) is 16.8 Å². The van der Waals surface area contributed by atoms with Crippen LogP contribution in [0.1, 0.15) is 16.2 Å². The summed E-state index contributed by atoms with van der Waals surface area (Å²) in [5.74, 6) is 1.31. The summed E-state index contributed by atoms with van der Waals surface area (Å²) in [7, 11) is 1.56. The first-order valence-electron chi connectivity index (χ1n) is 8.55. The Kier molecular flexibility index (Phi) is 5.28. The number of anilines is 1. The number of hydrogen-bond donors (Lipinski definition) is 1. The molecule has 0 bridgehead atoms. The van der Waals surface area contributed by atoms with Crippen molar-refractivity contribution in [1.29, 1.82) is 0 Å². The van der Waals surface area contributed by atoms with Crippen LogP contribution >= 0.6 is 22.9 Å². The van der Waals surface area contributed by atoms with Crippen LogP contribution in [0.15, 0.2) is 52.4 Å². The van der Waals surface area contributed by atoms with Gasteiger partial charge in [0, 0.05) is 22.1 Å². The molecule has 0 aliphatic rings. The van der Waals surface area contributed by atoms with E-state index in [4.69, 9.17) is 20.9 Å². The summed E-state index contributed by atoms with van der Waals surface area (Å²) >= 11 is 7.51. The van der Waals surface area contributed by atoms with Crippen LogP contribution in [0.3, 0.4) is 0 Å². The molecule has 0 fully saturated rings. The number of nitrogens with zero attached hydrogens (tertiary/aromatic N) is 3. The van der Waals surface area contributed by atoms with E-state index in [1.807, 2.05) is 11.4 Å². The molecule has 2 aromatic carbocycles. The van der Waals surface area contributed by atoms with Gasteiger partial charge in [0.15, 0.2) is 11.0 Å². The normalized spacial score (nSPS) is 10.7. The Morgan fingerprint density at radius 1 is 1.14 bits per heavy atom. The minimum Gasteiger partial charge on any atom is -0.495 e. The third-order valence-electron chi connectivity index (χ3n) is 4.09. The van der Waals surface area contributed by atoms with Gasteiger partial charge in [-0.2, -0.15) is 4.98 Å². The zero-order valence-electron chi connectivity index (χ0n) is 15.5. The fourth-order valence-corrected chi connectivity index (χ4v) is 3.61. The predicted molar refractivity (Wildman–Crippen MR) is 112 cm³/mol. The molecule has 2 heterocycles. The Morgan fingerprint density at radius 3 is 2.55 bits per heavy atom. The molecule has 0 spiro atoms. The van der Waals surface area contributed by atoms with Crippen molar-refractivity contribution in [3.63, 3.8) is 0 Å². The molecule has 1 amide bonds. The van der Waals surface area contributed by atoms with Gasteiger partial charge in [0.25, 0.3) is 11.8 Å². The Morgan fingerprint density at radius 2 is 1.90 bits per heavy atom. The molecule has 2 aromatic heterocycles. The topological polar surface area (TPSA) is 90.1 Å². The monoisotopic (exact) mass is 426 g/mol. The molecule has 0 saturated carbocycles. The number of nitrogens with one attached hydrogen (secondary N) is 1. The highest BCUT2D eigenvalue weighted by Gasteiger charge is 2.13. The second kappa shape index (κ2) is 8.02. The summed E-state index contributed by atoms with van der Waals surface area (Å²) in [6.07, 6.45) is 0. The lowest BCUT2D eigenvalue weighted by Gasteiger charge is -2.04. The van der Waals surface area contributed by atoms with Crippen LogP contribution in [-0.2, 0) is 0 Å². The van der Waals surface area contributed by atoms with Crippen LogP contribution in [0.5, 0.6) is 5.75 Å². The number of aromatic nitrogens is 3. The highest BCUT2D eigenvalue weighted by Crippen LogP contribution is 2.32. The van der Waals surface area contributed by atoms with Gasteiger partial charge < -0.3 is 9.26 Å². The van der Waals surface area contributed by atoms with Crippen molar-refractivity contribution in [2.75, 3.05) is 12.4 Å². The molecule has 146 valence electrons. The van der Waals surface area contributed by atoms with Crippen molar-refractivity contribution in [2.24, 2.45) is 0 Å². The van der Waals surface area contributed by atoms with Gasteiger partial charge in [-0.05, 0) is 49.4 Å². The van der Waals surface area contributed by atoms with Crippen molar-refractivity contribution in [3.8, 4) is 28.5 Å². The van der Waals surface area contributed by atoms with Crippen LogP contribution < -0.4 is 10.1 Å². The number of halogens is 1. The lowest BCUT2D eigenvalue weighted by Crippen LogP contribution is -2.11. The number of rotatable bonds is 5. The van der Waals surface area contributed by atoms with Gasteiger partial charge in [0.1, 0.15) is 5.75 Å². The van der Waals surface area contributed by atoms with Crippen molar-refractivity contribution in [2.45, 2.75) is 6.92 Å². The van der Waals surface area contributed by atoms with E-state index in [-0.39, 0.29) is 5.91 Å². The summed E-state index contributed by atoms with van der Waals surface area (Å²) in [6, 6.07) is 12.3. The third-order valence-corrected chi connectivity index (χ3v) is 5.15. The Bertz CT molecular complexity index is 1170. The quantitative estimate of drug-likeness (QED) is 0.478. The number of methoxy groups -OCH3 is 1. The number of carbonyl (C=O) groups excluding carboxylic acids is 1. The summed E-state index contributed by atoms with van der Waals surface area (Å²) in [5, 5.41) is 9.42. The first-order chi connectivity index (χ1) is 14.0. The number of amides is 1. The minimum absolute atomic E-state index is 0.257. The van der Waals surface area contributed by atoms with Crippen LogP contribution in [0.25, 0.3) is 22.7 Å². The van der Waals surface area contributed by atoms with Crippen molar-refractivity contribution in [1.82, 2.24) is 15.1 Å². The molecule has 0 aliphatic carbocycles. The Labute approximate surface area is 175 Å². The van der Waals surface area contributed by atoms with Gasteiger partial charge in [0.05, 0.1) is 17.8 Å². The lowest BCUT2D eigenvalue weighted by molar-refractivity contribution is 0.102. The average Bonchev–Trinajstić information content (AvgIpc) is 3.37. The highest BCUT2D eigenvalue weighted by molar-refractivity contribution is 7.14. The standard InChI is InChI=1S/C20H15ClN4O3S/c1-11-22-19(28-25-11)13-5-3-12(4-6-13)18(26)24-20-23-16(10-29-20)14-7-8-17(27-2)15(21)9-14/h3-10H,1-2H3,(H,23,24,26). The van der Waals surface area contributed by atoms with E-state index in [9.17, 15) is 4.79 Å². The second-order valence-corrected chi connectivity index (χ2v) is 7.33. The van der Waals surface area contributed by atoms with E-state index in [1.54, 1.807) is 50.4 Å². The molecule has 0 radical (unpaired) electrons. The molecule has 0 aliphatic heterocycles. The van der Waals surface area contributed by atoms with Gasteiger partial charge in [-0.3, -0.25) is 10.1 Å². The van der Waals surface area contributed by atoms with Crippen molar-refractivity contribution >= 4 is 34.0 Å². The summed E-state index contributed by atoms with van der Waals surface area (Å²) < 4.78 is 10.3. The molecule has 0 unspecified atom stereocenters. The summed E-state index contributed by atoms with van der Waals surface area (Å²) in [6.45, 7) is 1.75. The number of thiazole rings is 1. The Balaban J connectivity index is 1.47. The van der Waals surface area contributed by atoms with E-state index in [0.717, 1.165) is 16.8 Å². The zero-order valence-corrected chi connectivity index (χ0v) is 17.0. The number of hydrogen-bond acceptors (Lipinski definition) is 7. The van der Waals surface area contributed by atoms with Crippen LogP contribution in [-0.4, -0.2) is 28.1 Å². The number of carbonyl (C=O) groups is 1. The van der Waals surface area contributed by atoms with Gasteiger partial charge in [-0.15, -0.1) is 11.3 Å². The van der Waals surface area contributed by atoms with Crippen LogP contribution in [0.2, 0.25) is 5.02 Å². The average molecular weight is 427 g/mol. The molecule has 4 rings (SSSR count). The highest BCUT2D eigenvalue weighted by atomic mass is 35.5. The molecule has 7 nitrogen and oxygen atoms in total. The summed E-state index contributed by atoms with van der Waals surface area (Å²) in [5.41, 5.74) is 2.80. The van der Waals surface area contributed by atoms with E-state index >= 15 is 0 Å². The smallest absolute Gasteiger partial charge is 0.257 e. The molecule has 4 aromatic rings. The van der Waals surface area contributed by atoms with Gasteiger partial charge in [0.2, 0.25) is 0 Å². The first-order valence-corrected chi connectivity index (χ1v) is 9.81. The Hall–Kier alpha value is -3.23.